The van der Waals surface area contributed by atoms with Crippen LogP contribution in [-0.2, 0) is 6.54 Å². The van der Waals surface area contributed by atoms with Crippen molar-refractivity contribution in [2.24, 2.45) is 0 Å². The summed E-state index contributed by atoms with van der Waals surface area (Å²) in [6.07, 6.45) is 0. The molecule has 0 aliphatic carbocycles. The molecule has 2 N–H and O–H groups in total. The van der Waals surface area contributed by atoms with Crippen LogP contribution in [-0.4, -0.2) is 27.3 Å². The zero-order chi connectivity index (χ0) is 14.5. The van der Waals surface area contributed by atoms with Crippen LogP contribution in [0.15, 0.2) is 24.3 Å². The van der Waals surface area contributed by atoms with Crippen molar-refractivity contribution in [3.8, 4) is 0 Å². The largest absolute Gasteiger partial charge is 0.336 e. The van der Waals surface area contributed by atoms with E-state index in [9.17, 15) is 9.18 Å². The topological polar surface area (TPSA) is 71.8 Å². The van der Waals surface area contributed by atoms with Gasteiger partial charge in [-0.05, 0) is 38.1 Å². The Morgan fingerprint density at radius 1 is 1.30 bits per heavy atom. The first-order valence-electron chi connectivity index (χ1n) is 6.23. The van der Waals surface area contributed by atoms with Crippen molar-refractivity contribution in [3.05, 3.63) is 41.7 Å². The van der Waals surface area contributed by atoms with Gasteiger partial charge < -0.3 is 10.6 Å². The minimum atomic E-state index is -0.342. The second kappa shape index (κ2) is 6.14. The van der Waals surface area contributed by atoms with Gasteiger partial charge in [0.1, 0.15) is 17.5 Å². The fourth-order valence-corrected chi connectivity index (χ4v) is 1.76. The average molecular weight is 277 g/mol. The fourth-order valence-electron chi connectivity index (χ4n) is 1.76. The maximum atomic E-state index is 12.7. The first-order chi connectivity index (χ1) is 9.54. The quantitative estimate of drug-likeness (QED) is 0.896. The van der Waals surface area contributed by atoms with Crippen molar-refractivity contribution in [1.29, 1.82) is 0 Å². The Morgan fingerprint density at radius 2 is 2.00 bits per heavy atom. The van der Waals surface area contributed by atoms with E-state index in [-0.39, 0.29) is 11.8 Å². The first kappa shape index (κ1) is 14.0. The van der Waals surface area contributed by atoms with Gasteiger partial charge in [-0.1, -0.05) is 0 Å². The zero-order valence-corrected chi connectivity index (χ0v) is 11.4. The molecule has 0 unspecified atom stereocenters. The molecule has 2 rings (SSSR count). The van der Waals surface area contributed by atoms with Crippen LogP contribution in [0.3, 0.4) is 0 Å². The Bertz CT molecular complexity index is 593. The smallest absolute Gasteiger partial charge is 0.319 e. The van der Waals surface area contributed by atoms with Gasteiger partial charge in [0.2, 0.25) is 0 Å². The molecular formula is C13H16FN5O. The van der Waals surface area contributed by atoms with Crippen LogP contribution in [0.4, 0.5) is 14.9 Å². The number of hydrogen-bond donors (Lipinski definition) is 2. The summed E-state index contributed by atoms with van der Waals surface area (Å²) in [5, 5.41) is 9.50. The van der Waals surface area contributed by atoms with Gasteiger partial charge >= 0.3 is 6.03 Å². The van der Waals surface area contributed by atoms with Crippen LogP contribution in [0.1, 0.15) is 11.6 Å². The van der Waals surface area contributed by atoms with Crippen LogP contribution >= 0.6 is 0 Å². The number of anilines is 1. The van der Waals surface area contributed by atoms with Gasteiger partial charge in [-0.15, -0.1) is 0 Å². The number of amides is 2. The molecule has 2 aromatic rings. The molecule has 0 spiro atoms. The molecule has 106 valence electrons. The average Bonchev–Trinajstić information content (AvgIpc) is 2.71. The predicted octanol–water partition coefficient (Wildman–Crippen LogP) is 1.86. The lowest BCUT2D eigenvalue weighted by Crippen LogP contribution is -2.31. The van der Waals surface area contributed by atoms with Crippen molar-refractivity contribution in [1.82, 2.24) is 20.1 Å². The Hall–Kier alpha value is -2.44. The highest BCUT2D eigenvalue weighted by molar-refractivity contribution is 5.89. The van der Waals surface area contributed by atoms with Crippen molar-refractivity contribution in [2.75, 3.05) is 11.9 Å². The Morgan fingerprint density at radius 3 is 2.60 bits per heavy atom. The molecule has 0 fully saturated rings. The van der Waals surface area contributed by atoms with E-state index in [2.05, 4.69) is 20.7 Å². The molecule has 0 bridgehead atoms. The van der Waals surface area contributed by atoms with Gasteiger partial charge in [-0.2, -0.15) is 5.10 Å². The van der Waals surface area contributed by atoms with Crippen LogP contribution in [0.25, 0.3) is 0 Å². The maximum Gasteiger partial charge on any atom is 0.319 e. The minimum Gasteiger partial charge on any atom is -0.336 e. The van der Waals surface area contributed by atoms with Gasteiger partial charge in [-0.3, -0.25) is 0 Å². The molecule has 0 saturated carbocycles. The predicted molar refractivity (Wildman–Crippen MR) is 72.9 cm³/mol. The second-order valence-corrected chi connectivity index (χ2v) is 4.32. The van der Waals surface area contributed by atoms with Crippen molar-refractivity contribution in [2.45, 2.75) is 20.4 Å². The molecule has 20 heavy (non-hydrogen) atoms. The van der Waals surface area contributed by atoms with Gasteiger partial charge in [0, 0.05) is 12.2 Å². The third-order valence-corrected chi connectivity index (χ3v) is 2.67. The number of aryl methyl sites for hydroxylation is 2. The molecule has 1 aromatic carbocycles. The van der Waals surface area contributed by atoms with Crippen LogP contribution in [0.5, 0.6) is 0 Å². The summed E-state index contributed by atoms with van der Waals surface area (Å²) in [4.78, 5) is 15.8. The van der Waals surface area contributed by atoms with Crippen molar-refractivity contribution in [3.63, 3.8) is 0 Å². The summed E-state index contributed by atoms with van der Waals surface area (Å²) in [5.41, 5.74) is 0.539. The van der Waals surface area contributed by atoms with Crippen molar-refractivity contribution >= 4 is 11.7 Å². The first-order valence-corrected chi connectivity index (χ1v) is 6.23. The number of benzene rings is 1. The fraction of sp³-hybridized carbons (Fsp3) is 0.308. The van der Waals surface area contributed by atoms with E-state index in [1.54, 1.807) is 4.68 Å². The summed E-state index contributed by atoms with van der Waals surface area (Å²) in [6, 6.07) is 5.24. The van der Waals surface area contributed by atoms with E-state index in [0.717, 1.165) is 5.82 Å². The molecule has 0 atom stereocenters. The maximum absolute atomic E-state index is 12.7. The molecule has 2 amide bonds. The van der Waals surface area contributed by atoms with E-state index in [0.29, 0.717) is 24.6 Å². The molecule has 0 radical (unpaired) electrons. The molecule has 0 aliphatic rings. The number of halogens is 1. The number of carbonyl (C=O) groups excluding carboxylic acids is 1. The number of nitrogens with zero attached hydrogens (tertiary/aromatic N) is 3. The summed E-state index contributed by atoms with van der Waals surface area (Å²) in [5.74, 6) is 1.18. The van der Waals surface area contributed by atoms with E-state index < -0.39 is 0 Å². The summed E-state index contributed by atoms with van der Waals surface area (Å²) >= 11 is 0. The monoisotopic (exact) mass is 277 g/mol. The number of rotatable bonds is 4. The number of hydrogen-bond acceptors (Lipinski definition) is 3. The van der Waals surface area contributed by atoms with Crippen LogP contribution < -0.4 is 10.6 Å². The number of aromatic nitrogens is 3. The van der Waals surface area contributed by atoms with Crippen LogP contribution in [0.2, 0.25) is 0 Å². The van der Waals surface area contributed by atoms with E-state index >= 15 is 0 Å². The lowest BCUT2D eigenvalue weighted by Gasteiger charge is -2.08. The van der Waals surface area contributed by atoms with Crippen molar-refractivity contribution < 1.29 is 9.18 Å². The third kappa shape index (κ3) is 3.78. The van der Waals surface area contributed by atoms with E-state index in [1.165, 1.54) is 24.3 Å². The summed E-state index contributed by atoms with van der Waals surface area (Å²) in [7, 11) is 0. The van der Waals surface area contributed by atoms with Gasteiger partial charge in [-0.25, -0.2) is 18.9 Å². The summed E-state index contributed by atoms with van der Waals surface area (Å²) in [6.45, 7) is 4.65. The standard InChI is InChI=1S/C13H16FN5O/c1-9-16-10(2)19(18-9)8-7-15-13(20)17-12-5-3-11(14)4-6-12/h3-6H,7-8H2,1-2H3,(H2,15,17,20). The molecule has 7 heteroatoms. The molecule has 0 aliphatic heterocycles. The number of urea groups is 1. The van der Waals surface area contributed by atoms with Gasteiger partial charge in [0.05, 0.1) is 6.54 Å². The second-order valence-electron chi connectivity index (χ2n) is 4.32. The van der Waals surface area contributed by atoms with Gasteiger partial charge in [0.15, 0.2) is 0 Å². The minimum absolute atomic E-state index is 0.340. The zero-order valence-electron chi connectivity index (χ0n) is 11.4. The lowest BCUT2D eigenvalue weighted by atomic mass is 10.3. The lowest BCUT2D eigenvalue weighted by molar-refractivity contribution is 0.251. The van der Waals surface area contributed by atoms with Gasteiger partial charge in [0.25, 0.3) is 0 Å². The number of carbonyl (C=O) groups is 1. The van der Waals surface area contributed by atoms with E-state index in [1.807, 2.05) is 13.8 Å². The highest BCUT2D eigenvalue weighted by atomic mass is 19.1. The normalized spacial score (nSPS) is 10.3. The third-order valence-electron chi connectivity index (χ3n) is 2.67. The molecule has 1 aromatic heterocycles. The van der Waals surface area contributed by atoms with Crippen LogP contribution in [0, 0.1) is 19.7 Å². The molecule has 0 saturated heterocycles. The Kier molecular flexibility index (Phi) is 4.29. The number of nitrogens with one attached hydrogen (secondary N) is 2. The Labute approximate surface area is 116 Å². The van der Waals surface area contributed by atoms with E-state index in [4.69, 9.17) is 0 Å². The SMILES string of the molecule is Cc1nc(C)n(CCNC(=O)Nc2ccc(F)cc2)n1. The molecule has 1 heterocycles. The molecular weight excluding hydrogens is 261 g/mol. The highest BCUT2D eigenvalue weighted by Gasteiger charge is 2.04. The highest BCUT2D eigenvalue weighted by Crippen LogP contribution is 2.07. The summed E-state index contributed by atoms with van der Waals surface area (Å²) < 4.78 is 14.4. The Balaban J connectivity index is 1.78. The molecule has 6 nitrogen and oxygen atoms in total.